The lowest BCUT2D eigenvalue weighted by Crippen LogP contribution is -2.41. The topological polar surface area (TPSA) is 74.7 Å². The van der Waals surface area contributed by atoms with E-state index in [4.69, 9.17) is 5.11 Å². The van der Waals surface area contributed by atoms with Gasteiger partial charge in [0, 0.05) is 25.6 Å². The van der Waals surface area contributed by atoms with Gasteiger partial charge >= 0.3 is 0 Å². The van der Waals surface area contributed by atoms with Crippen molar-refractivity contribution in [3.05, 3.63) is 0 Å². The zero-order valence-corrected chi connectivity index (χ0v) is 11.8. The van der Waals surface area contributed by atoms with Crippen molar-refractivity contribution < 1.29 is 18.3 Å². The van der Waals surface area contributed by atoms with Gasteiger partial charge in [-0.1, -0.05) is 6.92 Å². The standard InChI is InChI=1S/C12H23NO4S/c1-2-12(15)13(7-4-3-5-8-14)11-6-9-18(16,17)10-11/h11,14H,2-10H2,1H3. The second-order valence-electron chi connectivity index (χ2n) is 4.78. The van der Waals surface area contributed by atoms with Crippen LogP contribution in [0.2, 0.25) is 0 Å². The molecule has 5 nitrogen and oxygen atoms in total. The summed E-state index contributed by atoms with van der Waals surface area (Å²) in [5.41, 5.74) is 0. The number of carbonyl (C=O) groups is 1. The van der Waals surface area contributed by atoms with Gasteiger partial charge in [-0.15, -0.1) is 0 Å². The van der Waals surface area contributed by atoms with E-state index in [-0.39, 0.29) is 30.1 Å². The molecule has 1 rings (SSSR count). The first kappa shape index (κ1) is 15.4. The van der Waals surface area contributed by atoms with Crippen LogP contribution in [0.15, 0.2) is 0 Å². The summed E-state index contributed by atoms with van der Waals surface area (Å²) >= 11 is 0. The molecule has 106 valence electrons. The summed E-state index contributed by atoms with van der Waals surface area (Å²) in [6, 6.07) is -0.142. The number of sulfone groups is 1. The Balaban J connectivity index is 2.53. The monoisotopic (exact) mass is 277 g/mol. The first-order valence-electron chi connectivity index (χ1n) is 6.61. The average molecular weight is 277 g/mol. The molecule has 0 aromatic carbocycles. The van der Waals surface area contributed by atoms with Crippen LogP contribution in [0, 0.1) is 0 Å². The minimum atomic E-state index is -2.95. The molecule has 0 aliphatic carbocycles. The lowest BCUT2D eigenvalue weighted by molar-refractivity contribution is -0.132. The van der Waals surface area contributed by atoms with Crippen LogP contribution in [-0.2, 0) is 14.6 Å². The first-order chi connectivity index (χ1) is 8.50. The van der Waals surface area contributed by atoms with E-state index in [1.165, 1.54) is 0 Å². The largest absolute Gasteiger partial charge is 0.396 e. The molecule has 0 saturated carbocycles. The van der Waals surface area contributed by atoms with Gasteiger partial charge in [0.1, 0.15) is 0 Å². The molecule has 6 heteroatoms. The van der Waals surface area contributed by atoms with Gasteiger partial charge in [-0.3, -0.25) is 4.79 Å². The smallest absolute Gasteiger partial charge is 0.222 e. The maximum atomic E-state index is 11.9. The molecule has 0 radical (unpaired) electrons. The minimum absolute atomic E-state index is 0.0288. The van der Waals surface area contributed by atoms with Crippen molar-refractivity contribution in [3.8, 4) is 0 Å². The first-order valence-corrected chi connectivity index (χ1v) is 8.43. The van der Waals surface area contributed by atoms with Crippen LogP contribution in [0.25, 0.3) is 0 Å². The number of hydrogen-bond acceptors (Lipinski definition) is 4. The van der Waals surface area contributed by atoms with E-state index < -0.39 is 9.84 Å². The lowest BCUT2D eigenvalue weighted by Gasteiger charge is -2.28. The molecular weight excluding hydrogens is 254 g/mol. The number of amides is 1. The number of carbonyl (C=O) groups excluding carboxylic acids is 1. The van der Waals surface area contributed by atoms with Gasteiger partial charge in [0.05, 0.1) is 11.5 Å². The predicted octanol–water partition coefficient (Wildman–Crippen LogP) is 0.575. The lowest BCUT2D eigenvalue weighted by atomic mass is 10.1. The minimum Gasteiger partial charge on any atom is -0.396 e. The predicted molar refractivity (Wildman–Crippen MR) is 70.0 cm³/mol. The highest BCUT2D eigenvalue weighted by Crippen LogP contribution is 2.19. The fourth-order valence-corrected chi connectivity index (χ4v) is 4.04. The summed E-state index contributed by atoms with van der Waals surface area (Å²) in [6.07, 6.45) is 3.40. The fourth-order valence-electron chi connectivity index (χ4n) is 2.31. The second kappa shape index (κ2) is 7.09. The Morgan fingerprint density at radius 3 is 2.56 bits per heavy atom. The van der Waals surface area contributed by atoms with Crippen LogP contribution >= 0.6 is 0 Å². The molecule has 1 unspecified atom stereocenters. The molecule has 1 N–H and O–H groups in total. The maximum absolute atomic E-state index is 11.9. The van der Waals surface area contributed by atoms with Crippen molar-refractivity contribution in [3.63, 3.8) is 0 Å². The highest BCUT2D eigenvalue weighted by atomic mass is 32.2. The van der Waals surface area contributed by atoms with E-state index in [0.29, 0.717) is 19.4 Å². The number of aliphatic hydroxyl groups is 1. The zero-order valence-electron chi connectivity index (χ0n) is 11.0. The third kappa shape index (κ3) is 4.57. The van der Waals surface area contributed by atoms with Gasteiger partial charge in [0.2, 0.25) is 5.91 Å². The molecule has 1 atom stereocenters. The quantitative estimate of drug-likeness (QED) is 0.691. The van der Waals surface area contributed by atoms with Gasteiger partial charge in [-0.2, -0.15) is 0 Å². The van der Waals surface area contributed by atoms with Gasteiger partial charge in [-0.25, -0.2) is 8.42 Å². The summed E-state index contributed by atoms with van der Waals surface area (Å²) in [6.45, 7) is 2.57. The number of nitrogens with zero attached hydrogens (tertiary/aromatic N) is 1. The molecule has 1 saturated heterocycles. The van der Waals surface area contributed by atoms with E-state index in [2.05, 4.69) is 0 Å². The van der Waals surface area contributed by atoms with E-state index in [1.807, 2.05) is 0 Å². The van der Waals surface area contributed by atoms with Crippen LogP contribution in [0.4, 0.5) is 0 Å². The van der Waals surface area contributed by atoms with Crippen LogP contribution in [0.5, 0.6) is 0 Å². The van der Waals surface area contributed by atoms with Crippen molar-refractivity contribution in [1.29, 1.82) is 0 Å². The van der Waals surface area contributed by atoms with Crippen molar-refractivity contribution in [2.75, 3.05) is 24.7 Å². The number of unbranched alkanes of at least 4 members (excludes halogenated alkanes) is 2. The maximum Gasteiger partial charge on any atom is 0.222 e. The third-order valence-corrected chi connectivity index (χ3v) is 5.08. The van der Waals surface area contributed by atoms with Gasteiger partial charge < -0.3 is 10.0 Å². The van der Waals surface area contributed by atoms with E-state index >= 15 is 0 Å². The van der Waals surface area contributed by atoms with Crippen LogP contribution in [-0.4, -0.2) is 55.0 Å². The number of aliphatic hydroxyl groups excluding tert-OH is 1. The summed E-state index contributed by atoms with van der Waals surface area (Å²) in [7, 11) is -2.95. The molecule has 1 aliphatic rings. The Morgan fingerprint density at radius 1 is 1.33 bits per heavy atom. The second-order valence-corrected chi connectivity index (χ2v) is 7.01. The molecule has 1 heterocycles. The molecule has 1 fully saturated rings. The molecule has 18 heavy (non-hydrogen) atoms. The third-order valence-electron chi connectivity index (χ3n) is 3.33. The summed E-state index contributed by atoms with van der Waals surface area (Å²) < 4.78 is 22.9. The normalized spacial score (nSPS) is 22.0. The van der Waals surface area contributed by atoms with Crippen molar-refractivity contribution in [2.24, 2.45) is 0 Å². The highest BCUT2D eigenvalue weighted by Gasteiger charge is 2.33. The van der Waals surface area contributed by atoms with Crippen LogP contribution in [0.3, 0.4) is 0 Å². The fraction of sp³-hybridized carbons (Fsp3) is 0.917. The Hall–Kier alpha value is -0.620. The van der Waals surface area contributed by atoms with Crippen molar-refractivity contribution >= 4 is 15.7 Å². The Labute approximate surface area is 109 Å². The Morgan fingerprint density at radius 2 is 2.06 bits per heavy atom. The van der Waals surface area contributed by atoms with Gasteiger partial charge in [0.15, 0.2) is 9.84 Å². The zero-order chi connectivity index (χ0) is 13.6. The van der Waals surface area contributed by atoms with E-state index in [0.717, 1.165) is 19.3 Å². The average Bonchev–Trinajstić information content (AvgIpc) is 2.68. The summed E-state index contributed by atoms with van der Waals surface area (Å²) in [4.78, 5) is 13.6. The van der Waals surface area contributed by atoms with Gasteiger partial charge in [0.25, 0.3) is 0 Å². The summed E-state index contributed by atoms with van der Waals surface area (Å²) in [5, 5.41) is 8.71. The van der Waals surface area contributed by atoms with Crippen molar-refractivity contribution in [2.45, 2.75) is 45.1 Å². The highest BCUT2D eigenvalue weighted by molar-refractivity contribution is 7.91. The molecule has 0 bridgehead atoms. The van der Waals surface area contributed by atoms with Gasteiger partial charge in [-0.05, 0) is 25.7 Å². The van der Waals surface area contributed by atoms with Crippen molar-refractivity contribution in [1.82, 2.24) is 4.90 Å². The molecular formula is C12H23NO4S. The molecule has 1 aliphatic heterocycles. The molecule has 1 amide bonds. The van der Waals surface area contributed by atoms with Crippen LogP contribution < -0.4 is 0 Å². The Kier molecular flexibility index (Phi) is 6.08. The molecule has 0 aromatic heterocycles. The molecule has 0 spiro atoms. The SMILES string of the molecule is CCC(=O)N(CCCCCO)C1CCS(=O)(=O)C1. The van der Waals surface area contributed by atoms with E-state index in [1.54, 1.807) is 11.8 Å². The Bertz CT molecular complexity index is 366. The number of rotatable bonds is 7. The molecule has 0 aromatic rings. The van der Waals surface area contributed by atoms with E-state index in [9.17, 15) is 13.2 Å². The summed E-state index contributed by atoms with van der Waals surface area (Å²) in [5.74, 6) is 0.335. The van der Waals surface area contributed by atoms with Crippen LogP contribution in [0.1, 0.15) is 39.0 Å². The number of hydrogen-bond donors (Lipinski definition) is 1.